The number of hydrogen-bond acceptors (Lipinski definition) is 5. The van der Waals surface area contributed by atoms with Gasteiger partial charge >= 0.3 is 0 Å². The molecule has 1 aliphatic rings. The number of rotatable bonds is 6. The average molecular weight is 402 g/mol. The fourth-order valence-corrected chi connectivity index (χ4v) is 6.17. The SMILES string of the molecule is O=S(=O)(NCc1ccccc1)N1CCN(S(=O)(=O)c2ccsc2)CC1. The lowest BCUT2D eigenvalue weighted by Gasteiger charge is -2.33. The van der Waals surface area contributed by atoms with Crippen LogP contribution in [0.15, 0.2) is 52.1 Å². The van der Waals surface area contributed by atoms with Crippen molar-refractivity contribution in [1.82, 2.24) is 13.3 Å². The van der Waals surface area contributed by atoms with E-state index in [1.807, 2.05) is 30.3 Å². The van der Waals surface area contributed by atoms with E-state index in [0.29, 0.717) is 0 Å². The van der Waals surface area contributed by atoms with Crippen LogP contribution in [0.25, 0.3) is 0 Å². The third-order valence-corrected chi connectivity index (χ3v) is 8.25. The van der Waals surface area contributed by atoms with Crippen LogP contribution >= 0.6 is 11.3 Å². The van der Waals surface area contributed by atoms with Crippen molar-refractivity contribution in [2.45, 2.75) is 11.4 Å². The van der Waals surface area contributed by atoms with Crippen LogP contribution < -0.4 is 4.72 Å². The van der Waals surface area contributed by atoms with Crippen LogP contribution in [-0.2, 0) is 26.8 Å². The van der Waals surface area contributed by atoms with Gasteiger partial charge in [-0.05, 0) is 17.0 Å². The second-order valence-electron chi connectivity index (χ2n) is 5.57. The second-order valence-corrected chi connectivity index (χ2v) is 10.0. The first-order valence-corrected chi connectivity index (χ1v) is 11.5. The zero-order valence-electron chi connectivity index (χ0n) is 13.4. The van der Waals surface area contributed by atoms with Gasteiger partial charge in [0.25, 0.3) is 10.2 Å². The van der Waals surface area contributed by atoms with Crippen molar-refractivity contribution in [2.24, 2.45) is 0 Å². The Hall–Kier alpha value is -1.30. The Bertz CT molecular complexity index is 889. The molecule has 3 rings (SSSR count). The van der Waals surface area contributed by atoms with Crippen molar-refractivity contribution in [3.63, 3.8) is 0 Å². The maximum absolute atomic E-state index is 12.5. The Morgan fingerprint density at radius 2 is 1.56 bits per heavy atom. The standard InChI is InChI=1S/C15H19N3O4S3/c19-24(20,15-6-11-23-13-15)17-7-9-18(10-8-17)25(21,22)16-12-14-4-2-1-3-5-14/h1-6,11,13,16H,7-10,12H2. The minimum Gasteiger partial charge on any atom is -0.207 e. The molecule has 1 aromatic carbocycles. The summed E-state index contributed by atoms with van der Waals surface area (Å²) in [6, 6.07) is 10.8. The quantitative estimate of drug-likeness (QED) is 0.785. The first kappa shape index (κ1) is 18.5. The smallest absolute Gasteiger partial charge is 0.207 e. The van der Waals surface area contributed by atoms with E-state index in [2.05, 4.69) is 4.72 Å². The number of sulfonamides is 1. The highest BCUT2D eigenvalue weighted by molar-refractivity contribution is 7.89. The number of benzene rings is 1. The lowest BCUT2D eigenvalue weighted by atomic mass is 10.2. The molecule has 1 aromatic heterocycles. The lowest BCUT2D eigenvalue weighted by Crippen LogP contribution is -2.53. The van der Waals surface area contributed by atoms with Gasteiger partial charge in [0.2, 0.25) is 10.0 Å². The van der Waals surface area contributed by atoms with E-state index in [1.54, 1.807) is 16.8 Å². The summed E-state index contributed by atoms with van der Waals surface area (Å²) in [6.45, 7) is 0.756. The van der Waals surface area contributed by atoms with E-state index >= 15 is 0 Å². The molecule has 25 heavy (non-hydrogen) atoms. The molecule has 0 spiro atoms. The Morgan fingerprint density at radius 3 is 2.16 bits per heavy atom. The summed E-state index contributed by atoms with van der Waals surface area (Å²) < 4.78 is 54.9. The number of nitrogens with zero attached hydrogens (tertiary/aromatic N) is 2. The molecular formula is C15H19N3O4S3. The van der Waals surface area contributed by atoms with Crippen LogP contribution in [0.5, 0.6) is 0 Å². The van der Waals surface area contributed by atoms with E-state index < -0.39 is 20.2 Å². The maximum Gasteiger partial charge on any atom is 0.279 e. The normalized spacial score (nSPS) is 17.6. The van der Waals surface area contributed by atoms with Crippen LogP contribution in [0, 0.1) is 0 Å². The largest absolute Gasteiger partial charge is 0.279 e. The summed E-state index contributed by atoms with van der Waals surface area (Å²) in [5.74, 6) is 0. The molecule has 1 N–H and O–H groups in total. The molecule has 0 saturated carbocycles. The zero-order valence-corrected chi connectivity index (χ0v) is 15.9. The van der Waals surface area contributed by atoms with Crippen molar-refractivity contribution >= 4 is 31.6 Å². The number of hydrogen-bond donors (Lipinski definition) is 1. The zero-order chi connectivity index (χ0) is 17.9. The molecule has 0 amide bonds. The highest BCUT2D eigenvalue weighted by Gasteiger charge is 2.32. The molecule has 1 fully saturated rings. The fourth-order valence-electron chi connectivity index (χ4n) is 2.56. The summed E-state index contributed by atoms with van der Waals surface area (Å²) in [6.07, 6.45) is 0. The van der Waals surface area contributed by atoms with Gasteiger partial charge in [0.1, 0.15) is 0 Å². The molecule has 0 bridgehead atoms. The highest BCUT2D eigenvalue weighted by atomic mass is 32.2. The summed E-state index contributed by atoms with van der Waals surface area (Å²) in [5.41, 5.74) is 0.866. The number of piperazine rings is 1. The molecular weight excluding hydrogens is 382 g/mol. The van der Waals surface area contributed by atoms with E-state index in [1.165, 1.54) is 19.9 Å². The Labute approximate surface area is 152 Å². The Balaban J connectivity index is 1.60. The molecule has 0 unspecified atom stereocenters. The van der Waals surface area contributed by atoms with Gasteiger partial charge in [-0.1, -0.05) is 30.3 Å². The van der Waals surface area contributed by atoms with Crippen molar-refractivity contribution in [3.8, 4) is 0 Å². The molecule has 7 nitrogen and oxygen atoms in total. The molecule has 2 aromatic rings. The van der Waals surface area contributed by atoms with Crippen LogP contribution in [0.1, 0.15) is 5.56 Å². The molecule has 1 saturated heterocycles. The lowest BCUT2D eigenvalue weighted by molar-refractivity contribution is 0.270. The van der Waals surface area contributed by atoms with Gasteiger partial charge in [0, 0.05) is 38.1 Å². The maximum atomic E-state index is 12.5. The van der Waals surface area contributed by atoms with Gasteiger partial charge in [-0.2, -0.15) is 33.1 Å². The van der Waals surface area contributed by atoms with Gasteiger partial charge in [-0.25, -0.2) is 8.42 Å². The monoisotopic (exact) mass is 401 g/mol. The second kappa shape index (κ2) is 7.52. The van der Waals surface area contributed by atoms with Crippen LogP contribution in [-0.4, -0.2) is 51.6 Å². The van der Waals surface area contributed by atoms with Gasteiger partial charge in [-0.3, -0.25) is 0 Å². The van der Waals surface area contributed by atoms with Crippen LogP contribution in [0.4, 0.5) is 0 Å². The predicted octanol–water partition coefficient (Wildman–Crippen LogP) is 1.09. The first-order chi connectivity index (χ1) is 11.9. The number of nitrogens with one attached hydrogen (secondary N) is 1. The molecule has 136 valence electrons. The summed E-state index contributed by atoms with van der Waals surface area (Å²) >= 11 is 1.32. The van der Waals surface area contributed by atoms with E-state index in [4.69, 9.17) is 0 Å². The summed E-state index contributed by atoms with van der Waals surface area (Å²) in [5, 5.41) is 3.29. The molecule has 0 radical (unpaired) electrons. The summed E-state index contributed by atoms with van der Waals surface area (Å²) in [4.78, 5) is 0.260. The molecule has 0 aliphatic carbocycles. The minimum absolute atomic E-state index is 0.132. The van der Waals surface area contributed by atoms with Gasteiger partial charge < -0.3 is 0 Å². The van der Waals surface area contributed by atoms with Gasteiger partial charge in [0.05, 0.1) is 4.90 Å². The van der Waals surface area contributed by atoms with E-state index in [9.17, 15) is 16.8 Å². The van der Waals surface area contributed by atoms with Crippen LogP contribution in [0.2, 0.25) is 0 Å². The fraction of sp³-hybridized carbons (Fsp3) is 0.333. The third-order valence-electron chi connectivity index (χ3n) is 3.97. The molecule has 0 atom stereocenters. The van der Waals surface area contributed by atoms with Crippen molar-refractivity contribution in [2.75, 3.05) is 26.2 Å². The van der Waals surface area contributed by atoms with Gasteiger partial charge in [0.15, 0.2) is 0 Å². The third kappa shape index (κ3) is 4.27. The summed E-state index contributed by atoms with van der Waals surface area (Å²) in [7, 11) is -7.18. The first-order valence-electron chi connectivity index (χ1n) is 7.70. The Morgan fingerprint density at radius 1 is 0.920 bits per heavy atom. The molecule has 10 heteroatoms. The Kier molecular flexibility index (Phi) is 5.56. The van der Waals surface area contributed by atoms with E-state index in [-0.39, 0.29) is 37.6 Å². The van der Waals surface area contributed by atoms with E-state index in [0.717, 1.165) is 5.56 Å². The topological polar surface area (TPSA) is 86.8 Å². The van der Waals surface area contributed by atoms with Crippen molar-refractivity contribution < 1.29 is 16.8 Å². The van der Waals surface area contributed by atoms with Crippen LogP contribution in [0.3, 0.4) is 0 Å². The molecule has 1 aliphatic heterocycles. The number of thiophene rings is 1. The van der Waals surface area contributed by atoms with Crippen molar-refractivity contribution in [1.29, 1.82) is 0 Å². The average Bonchev–Trinajstić information content (AvgIpc) is 3.17. The highest BCUT2D eigenvalue weighted by Crippen LogP contribution is 2.20. The van der Waals surface area contributed by atoms with Crippen molar-refractivity contribution in [3.05, 3.63) is 52.7 Å². The molecule has 2 heterocycles. The van der Waals surface area contributed by atoms with Gasteiger partial charge in [-0.15, -0.1) is 0 Å². The predicted molar refractivity (Wildman–Crippen MR) is 96.9 cm³/mol. The minimum atomic E-state index is -3.64.